The van der Waals surface area contributed by atoms with Gasteiger partial charge in [-0.15, -0.1) is 0 Å². The molecule has 0 atom stereocenters. The molecule has 4 aromatic rings. The van der Waals surface area contributed by atoms with E-state index in [9.17, 15) is 4.79 Å². The van der Waals surface area contributed by atoms with E-state index in [0.29, 0.717) is 0 Å². The second-order valence-electron chi connectivity index (χ2n) is 9.61. The van der Waals surface area contributed by atoms with E-state index < -0.39 is 0 Å². The molecule has 4 aromatic carbocycles. The van der Waals surface area contributed by atoms with Crippen molar-refractivity contribution in [3.8, 4) is 0 Å². The van der Waals surface area contributed by atoms with Gasteiger partial charge in [-0.25, -0.2) is 0 Å². The molecule has 0 aliphatic heterocycles. The van der Waals surface area contributed by atoms with Crippen LogP contribution in [0.4, 0.5) is 0 Å². The summed E-state index contributed by atoms with van der Waals surface area (Å²) >= 11 is 0. The summed E-state index contributed by atoms with van der Waals surface area (Å²) < 4.78 is 0. The minimum Gasteiger partial charge on any atom is -0.307 e. The van der Waals surface area contributed by atoms with Crippen molar-refractivity contribution in [3.63, 3.8) is 0 Å². The molecule has 9 heteroatoms. The number of benzene rings is 4. The van der Waals surface area contributed by atoms with Crippen LogP contribution in [0.25, 0.3) is 10.8 Å². The Labute approximate surface area is 367 Å². The fourth-order valence-corrected chi connectivity index (χ4v) is 3.11. The van der Waals surface area contributed by atoms with Crippen LogP contribution in [0, 0.1) is 0 Å². The minimum atomic E-state index is 0.0863. The van der Waals surface area contributed by atoms with E-state index >= 15 is 0 Å². The van der Waals surface area contributed by atoms with Crippen molar-refractivity contribution >= 4 is 70.9 Å². The molecule has 0 saturated carbocycles. The molecule has 60 heavy (non-hydrogen) atoms. The third-order valence-electron chi connectivity index (χ3n) is 4.88. The average Bonchev–Trinajstić information content (AvgIpc) is 3.36. The Morgan fingerprint density at radius 3 is 0.883 bits per heavy atom. The molecule has 0 saturated heterocycles. The predicted molar refractivity (Wildman–Crippen MR) is 263 cm³/mol. The smallest absolute Gasteiger partial charge is 0.193 e. The van der Waals surface area contributed by atoms with Crippen molar-refractivity contribution < 1.29 is 43.2 Å². The van der Waals surface area contributed by atoms with Gasteiger partial charge in [0, 0.05) is 11.1 Å². The number of carbonyl (C=O) groups is 9. The van der Waals surface area contributed by atoms with E-state index in [1.54, 1.807) is 0 Å². The van der Waals surface area contributed by atoms with E-state index in [2.05, 4.69) is 112 Å². The molecule has 4 rings (SSSR count). The maximum Gasteiger partial charge on any atom is 0.193 e. The fraction of sp³-hybridized carbons (Fsp3) is 0.392. The molecule has 0 fully saturated rings. The number of carbonyl (C=O) groups excluding carboxylic acids is 9. The maximum atomic E-state index is 12.0. The zero-order valence-electron chi connectivity index (χ0n) is 40.3. The van der Waals surface area contributed by atoms with Crippen LogP contribution in [0.3, 0.4) is 0 Å². The second kappa shape index (κ2) is 105. The van der Waals surface area contributed by atoms with Crippen LogP contribution in [0.5, 0.6) is 0 Å². The Bertz CT molecular complexity index is 1220. The monoisotopic (exact) mass is 843 g/mol. The van der Waals surface area contributed by atoms with Gasteiger partial charge in [-0.05, 0) is 34.7 Å². The standard InChI is InChI=1S/C15H14O.C12H12.4C3H8.2C2H6.8CH2O/c1-2-12-8-10-14(11-9-12)15(16)13-6-4-3-5-7-13;1-2-10-7-8-11-5-3-4-6-12(11)9-10;4*1-3-2;10*1-2/h3-11H,2H2,1H3;3-9H,2H2,1H3;4*3H2,1-2H3;2*1-2H3;8*1H2. The maximum absolute atomic E-state index is 12.0. The second-order valence-corrected chi connectivity index (χ2v) is 9.61. The first-order valence-corrected chi connectivity index (χ1v) is 19.8. The van der Waals surface area contributed by atoms with Crippen molar-refractivity contribution in [1.29, 1.82) is 0 Å². The SMILES string of the molecule is C=O.C=O.C=O.C=O.C=O.C=O.C=O.C=O.CC.CC.CCC.CCC.CCC.CCC.CCc1ccc(C(=O)c2ccccc2)cc1.CCc1ccc2ccccc2c1. The van der Waals surface area contributed by atoms with Crippen molar-refractivity contribution in [2.24, 2.45) is 0 Å². The van der Waals surface area contributed by atoms with E-state index in [1.165, 1.54) is 47.6 Å². The van der Waals surface area contributed by atoms with Gasteiger partial charge in [0.1, 0.15) is 54.3 Å². The van der Waals surface area contributed by atoms with Crippen LogP contribution in [-0.2, 0) is 51.2 Å². The molecule has 0 aromatic heterocycles. The fourth-order valence-electron chi connectivity index (χ4n) is 3.11. The molecule has 0 aliphatic carbocycles. The largest absolute Gasteiger partial charge is 0.307 e. The first-order valence-electron chi connectivity index (χ1n) is 19.8. The highest BCUT2D eigenvalue weighted by molar-refractivity contribution is 6.08. The van der Waals surface area contributed by atoms with Crippen LogP contribution >= 0.6 is 0 Å². The summed E-state index contributed by atoms with van der Waals surface area (Å²) in [4.78, 5) is 76.0. The molecular formula is C51H86O9. The molecular weight excluding hydrogens is 757 g/mol. The van der Waals surface area contributed by atoms with Crippen molar-refractivity contribution in [2.75, 3.05) is 0 Å². The number of aryl methyl sites for hydroxylation is 2. The van der Waals surface area contributed by atoms with Crippen molar-refractivity contribution in [2.45, 2.75) is 135 Å². The van der Waals surface area contributed by atoms with Gasteiger partial charge in [0.05, 0.1) is 0 Å². The number of fused-ring (bicyclic) bond motifs is 1. The van der Waals surface area contributed by atoms with Gasteiger partial charge in [0.15, 0.2) is 5.78 Å². The number of hydrogen-bond acceptors (Lipinski definition) is 9. The topological polar surface area (TPSA) is 154 Å². The van der Waals surface area contributed by atoms with Crippen LogP contribution in [0.2, 0.25) is 0 Å². The highest BCUT2D eigenvalue weighted by Crippen LogP contribution is 2.15. The summed E-state index contributed by atoms with van der Waals surface area (Å²) in [6, 6.07) is 32.3. The van der Waals surface area contributed by atoms with Crippen LogP contribution in [0.1, 0.15) is 150 Å². The van der Waals surface area contributed by atoms with E-state index in [-0.39, 0.29) is 5.78 Å². The number of ketones is 1. The summed E-state index contributed by atoms with van der Waals surface area (Å²) in [7, 11) is 0. The zero-order chi connectivity index (χ0) is 50.6. The molecule has 0 amide bonds. The normalized spacial score (nSPS) is 6.70. The molecule has 0 aliphatic rings. The third-order valence-corrected chi connectivity index (χ3v) is 4.88. The summed E-state index contributed by atoms with van der Waals surface area (Å²) in [5.74, 6) is 0.0863. The van der Waals surface area contributed by atoms with Gasteiger partial charge in [-0.2, -0.15) is 0 Å². The number of rotatable bonds is 4. The first-order chi connectivity index (χ1) is 29.4. The molecule has 0 heterocycles. The third kappa shape index (κ3) is 70.0. The molecule has 0 radical (unpaired) electrons. The van der Waals surface area contributed by atoms with Gasteiger partial charge < -0.3 is 38.4 Å². The lowest BCUT2D eigenvalue weighted by molar-refractivity contribution is -0.0987. The molecule has 344 valence electrons. The van der Waals surface area contributed by atoms with Gasteiger partial charge in [-0.3, -0.25) is 4.79 Å². The lowest BCUT2D eigenvalue weighted by atomic mass is 10.0. The van der Waals surface area contributed by atoms with Gasteiger partial charge in [0.25, 0.3) is 0 Å². The first kappa shape index (κ1) is 86.1. The summed E-state index contributed by atoms with van der Waals surface area (Å²) in [6.07, 6.45) is 7.12. The van der Waals surface area contributed by atoms with Crippen LogP contribution in [-0.4, -0.2) is 60.1 Å². The van der Waals surface area contributed by atoms with Crippen LogP contribution < -0.4 is 0 Å². The van der Waals surface area contributed by atoms with Crippen molar-refractivity contribution in [3.05, 3.63) is 119 Å². The van der Waals surface area contributed by atoms with Crippen molar-refractivity contribution in [1.82, 2.24) is 0 Å². The van der Waals surface area contributed by atoms with Gasteiger partial charge >= 0.3 is 0 Å². The van der Waals surface area contributed by atoms with E-state index in [0.717, 1.165) is 24.0 Å². The lowest BCUT2D eigenvalue weighted by Crippen LogP contribution is -2.00. The quantitative estimate of drug-likeness (QED) is 0.183. The molecule has 9 nitrogen and oxygen atoms in total. The highest BCUT2D eigenvalue weighted by Gasteiger charge is 2.07. The highest BCUT2D eigenvalue weighted by atomic mass is 16.1. The zero-order valence-corrected chi connectivity index (χ0v) is 40.3. The molecule has 0 spiro atoms. The molecule has 0 unspecified atom stereocenters. The van der Waals surface area contributed by atoms with Crippen LogP contribution in [0.15, 0.2) is 97.1 Å². The number of hydrogen-bond donors (Lipinski definition) is 0. The van der Waals surface area contributed by atoms with E-state index in [1.807, 2.05) is 137 Å². The summed E-state index contributed by atoms with van der Waals surface area (Å²) in [5.41, 5.74) is 4.16. The Hall–Kier alpha value is -5.83. The Morgan fingerprint density at radius 2 is 0.583 bits per heavy atom. The Kier molecular flexibility index (Phi) is 150. The minimum absolute atomic E-state index is 0.0863. The molecule has 0 N–H and O–H groups in total. The van der Waals surface area contributed by atoms with Gasteiger partial charge in [0.2, 0.25) is 0 Å². The summed E-state index contributed by atoms with van der Waals surface area (Å²) in [5, 5.41) is 2.67. The lowest BCUT2D eigenvalue weighted by Gasteiger charge is -2.02. The predicted octanol–water partition coefficient (Wildman–Crippen LogP) is 13.1. The Balaban J connectivity index is -0.0000000466. The Morgan fingerprint density at radius 1 is 0.333 bits per heavy atom. The average molecular weight is 843 g/mol. The van der Waals surface area contributed by atoms with Gasteiger partial charge in [-0.1, -0.05) is 220 Å². The summed E-state index contributed by atoms with van der Waals surface area (Å²) in [6.45, 7) is 45.3. The van der Waals surface area contributed by atoms with E-state index in [4.69, 9.17) is 38.4 Å². The molecule has 0 bridgehead atoms.